The highest BCUT2D eigenvalue weighted by atomic mass is 35.5. The molecule has 1 aliphatic heterocycles. The Morgan fingerprint density at radius 2 is 1.70 bits per heavy atom. The number of aliphatic hydroxyl groups is 1. The SMILES string of the molecule is Cc1cc(Cl)c(N)cc1OC[C@@H](O)CN1CCC(c2ccc(Oc3ccccc3)cc2)CC1. The van der Waals surface area contributed by atoms with Crippen molar-refractivity contribution in [2.75, 3.05) is 32.0 Å². The minimum Gasteiger partial charge on any atom is -0.490 e. The van der Waals surface area contributed by atoms with Crippen molar-refractivity contribution in [1.82, 2.24) is 4.90 Å². The van der Waals surface area contributed by atoms with Crippen LogP contribution in [0, 0.1) is 6.92 Å². The predicted molar refractivity (Wildman–Crippen MR) is 133 cm³/mol. The van der Waals surface area contributed by atoms with E-state index in [1.807, 2.05) is 49.4 Å². The maximum absolute atomic E-state index is 10.5. The molecular weight excluding hydrogens is 436 g/mol. The molecule has 3 aromatic rings. The first-order chi connectivity index (χ1) is 16.0. The number of benzene rings is 3. The van der Waals surface area contributed by atoms with Gasteiger partial charge in [-0.15, -0.1) is 0 Å². The van der Waals surface area contributed by atoms with E-state index in [1.54, 1.807) is 12.1 Å². The summed E-state index contributed by atoms with van der Waals surface area (Å²) in [7, 11) is 0. The standard InChI is InChI=1S/C27H31ClN2O3/c1-19-15-25(28)26(29)16-27(19)32-18-22(31)17-30-13-11-21(12-14-30)20-7-9-24(10-8-20)33-23-5-3-2-4-6-23/h2-10,15-16,21-22,31H,11-14,17-18,29H2,1H3/t22-/m0/s1. The van der Waals surface area contributed by atoms with Gasteiger partial charge in [0.1, 0.15) is 30.0 Å². The van der Waals surface area contributed by atoms with Crippen LogP contribution < -0.4 is 15.2 Å². The number of ether oxygens (including phenoxy) is 2. The lowest BCUT2D eigenvalue weighted by atomic mass is 9.89. The van der Waals surface area contributed by atoms with Gasteiger partial charge in [-0.25, -0.2) is 0 Å². The zero-order valence-corrected chi connectivity index (χ0v) is 19.7. The van der Waals surface area contributed by atoms with Crippen molar-refractivity contribution in [3.63, 3.8) is 0 Å². The summed E-state index contributed by atoms with van der Waals surface area (Å²) in [6, 6.07) is 21.7. The van der Waals surface area contributed by atoms with Crippen LogP contribution >= 0.6 is 11.6 Å². The topological polar surface area (TPSA) is 68.0 Å². The molecule has 1 saturated heterocycles. The van der Waals surface area contributed by atoms with Crippen LogP contribution in [-0.2, 0) is 0 Å². The Balaban J connectivity index is 1.22. The fourth-order valence-electron chi connectivity index (χ4n) is 4.24. The second-order valence-corrected chi connectivity index (χ2v) is 9.07. The van der Waals surface area contributed by atoms with Crippen LogP contribution in [0.3, 0.4) is 0 Å². The fraction of sp³-hybridized carbons (Fsp3) is 0.333. The number of piperidine rings is 1. The summed E-state index contributed by atoms with van der Waals surface area (Å²) in [6.07, 6.45) is 1.57. The molecule has 1 atom stereocenters. The fourth-order valence-corrected chi connectivity index (χ4v) is 4.46. The Labute approximate surface area is 200 Å². The number of para-hydroxylation sites is 1. The molecular formula is C27H31ClN2O3. The third kappa shape index (κ3) is 6.41. The van der Waals surface area contributed by atoms with E-state index in [4.69, 9.17) is 26.8 Å². The number of halogens is 1. The lowest BCUT2D eigenvalue weighted by Gasteiger charge is -2.33. The van der Waals surface area contributed by atoms with E-state index in [0.717, 1.165) is 43.0 Å². The zero-order valence-electron chi connectivity index (χ0n) is 18.9. The van der Waals surface area contributed by atoms with E-state index < -0.39 is 6.10 Å². The van der Waals surface area contributed by atoms with Crippen LogP contribution in [-0.4, -0.2) is 42.4 Å². The molecule has 4 rings (SSSR count). The molecule has 1 heterocycles. The first kappa shape index (κ1) is 23.4. The van der Waals surface area contributed by atoms with Gasteiger partial charge in [0.2, 0.25) is 0 Å². The van der Waals surface area contributed by atoms with Crippen molar-refractivity contribution in [3.05, 3.63) is 82.9 Å². The van der Waals surface area contributed by atoms with Gasteiger partial charge >= 0.3 is 0 Å². The quantitative estimate of drug-likeness (QED) is 0.420. The van der Waals surface area contributed by atoms with Crippen LogP contribution in [0.4, 0.5) is 5.69 Å². The molecule has 1 fully saturated rings. The van der Waals surface area contributed by atoms with E-state index in [-0.39, 0.29) is 6.61 Å². The number of nitrogens with zero attached hydrogens (tertiary/aromatic N) is 1. The third-order valence-electron chi connectivity index (χ3n) is 6.11. The molecule has 0 bridgehead atoms. The summed E-state index contributed by atoms with van der Waals surface area (Å²) in [5.41, 5.74) is 8.59. The first-order valence-electron chi connectivity index (χ1n) is 11.4. The zero-order chi connectivity index (χ0) is 23.2. The van der Waals surface area contributed by atoms with Crippen molar-refractivity contribution in [2.24, 2.45) is 0 Å². The van der Waals surface area contributed by atoms with E-state index in [0.29, 0.717) is 28.9 Å². The van der Waals surface area contributed by atoms with Gasteiger partial charge in [-0.2, -0.15) is 0 Å². The number of hydrogen-bond acceptors (Lipinski definition) is 5. The second kappa shape index (κ2) is 10.9. The molecule has 6 heteroatoms. The van der Waals surface area contributed by atoms with Gasteiger partial charge in [0, 0.05) is 12.6 Å². The van der Waals surface area contributed by atoms with Gasteiger partial charge in [0.25, 0.3) is 0 Å². The maximum Gasteiger partial charge on any atom is 0.127 e. The van der Waals surface area contributed by atoms with Crippen LogP contribution in [0.15, 0.2) is 66.7 Å². The largest absolute Gasteiger partial charge is 0.490 e. The van der Waals surface area contributed by atoms with Gasteiger partial charge in [0.15, 0.2) is 0 Å². The summed E-state index contributed by atoms with van der Waals surface area (Å²) in [4.78, 5) is 2.31. The molecule has 0 saturated carbocycles. The van der Waals surface area contributed by atoms with E-state index in [2.05, 4.69) is 17.0 Å². The van der Waals surface area contributed by atoms with Crippen LogP contribution in [0.1, 0.15) is 29.9 Å². The number of aliphatic hydroxyl groups excluding tert-OH is 1. The van der Waals surface area contributed by atoms with Gasteiger partial charge in [-0.1, -0.05) is 41.9 Å². The van der Waals surface area contributed by atoms with Gasteiger partial charge in [0.05, 0.1) is 10.7 Å². The summed E-state index contributed by atoms with van der Waals surface area (Å²) in [5, 5.41) is 11.0. The molecule has 5 nitrogen and oxygen atoms in total. The summed E-state index contributed by atoms with van der Waals surface area (Å²) < 4.78 is 11.7. The van der Waals surface area contributed by atoms with Gasteiger partial charge < -0.3 is 25.2 Å². The molecule has 0 aromatic heterocycles. The lowest BCUT2D eigenvalue weighted by Crippen LogP contribution is -2.40. The molecule has 0 aliphatic carbocycles. The van der Waals surface area contributed by atoms with Crippen LogP contribution in [0.25, 0.3) is 0 Å². The number of nitrogens with two attached hydrogens (primary N) is 1. The summed E-state index contributed by atoms with van der Waals surface area (Å²) in [5.74, 6) is 2.88. The Bertz CT molecular complexity index is 1040. The summed E-state index contributed by atoms with van der Waals surface area (Å²) in [6.45, 7) is 4.65. The van der Waals surface area contributed by atoms with E-state index in [1.165, 1.54) is 5.56 Å². The van der Waals surface area contributed by atoms with Crippen molar-refractivity contribution in [3.8, 4) is 17.2 Å². The monoisotopic (exact) mass is 466 g/mol. The smallest absolute Gasteiger partial charge is 0.127 e. The Hall–Kier alpha value is -2.73. The molecule has 0 radical (unpaired) electrons. The average Bonchev–Trinajstić information content (AvgIpc) is 2.82. The normalized spacial score (nSPS) is 15.8. The number of anilines is 1. The van der Waals surface area contributed by atoms with Crippen molar-refractivity contribution in [2.45, 2.75) is 31.8 Å². The highest BCUT2D eigenvalue weighted by molar-refractivity contribution is 6.33. The van der Waals surface area contributed by atoms with Crippen LogP contribution in [0.5, 0.6) is 17.2 Å². The van der Waals surface area contributed by atoms with Gasteiger partial charge in [-0.05, 0) is 80.2 Å². The molecule has 3 aromatic carbocycles. The Kier molecular flexibility index (Phi) is 7.76. The molecule has 0 spiro atoms. The molecule has 3 N–H and O–H groups in total. The third-order valence-corrected chi connectivity index (χ3v) is 6.44. The molecule has 174 valence electrons. The highest BCUT2D eigenvalue weighted by Crippen LogP contribution is 2.31. The molecule has 1 aliphatic rings. The van der Waals surface area contributed by atoms with E-state index in [9.17, 15) is 5.11 Å². The number of aryl methyl sites for hydroxylation is 1. The minimum atomic E-state index is -0.563. The Morgan fingerprint density at radius 3 is 2.39 bits per heavy atom. The van der Waals surface area contributed by atoms with Crippen LogP contribution in [0.2, 0.25) is 5.02 Å². The van der Waals surface area contributed by atoms with Gasteiger partial charge in [-0.3, -0.25) is 0 Å². The van der Waals surface area contributed by atoms with Crippen molar-refractivity contribution >= 4 is 17.3 Å². The Morgan fingerprint density at radius 1 is 1.03 bits per heavy atom. The number of likely N-dealkylation sites (tertiary alicyclic amines) is 1. The minimum absolute atomic E-state index is 0.227. The lowest BCUT2D eigenvalue weighted by molar-refractivity contribution is 0.0592. The molecule has 33 heavy (non-hydrogen) atoms. The molecule has 0 amide bonds. The van der Waals surface area contributed by atoms with E-state index >= 15 is 0 Å². The highest BCUT2D eigenvalue weighted by Gasteiger charge is 2.22. The van der Waals surface area contributed by atoms with Crippen molar-refractivity contribution in [1.29, 1.82) is 0 Å². The number of nitrogen functional groups attached to an aromatic ring is 1. The second-order valence-electron chi connectivity index (χ2n) is 8.66. The first-order valence-corrected chi connectivity index (χ1v) is 11.8. The molecule has 0 unspecified atom stereocenters. The maximum atomic E-state index is 10.5. The average molecular weight is 467 g/mol. The predicted octanol–water partition coefficient (Wildman–Crippen LogP) is 5.64. The number of hydrogen-bond donors (Lipinski definition) is 2. The number of β-amino-alcohol motifs (C(OH)–C–C–N with tert-alkyl or cyclic N) is 1. The number of rotatable bonds is 8. The summed E-state index contributed by atoms with van der Waals surface area (Å²) >= 11 is 6.03. The van der Waals surface area contributed by atoms with Crippen molar-refractivity contribution < 1.29 is 14.6 Å².